The van der Waals surface area contributed by atoms with Crippen LogP contribution >= 0.6 is 0 Å². The number of amides is 1. The molecule has 0 atom stereocenters. The summed E-state index contributed by atoms with van der Waals surface area (Å²) >= 11 is 0. The Labute approximate surface area is 165 Å². The van der Waals surface area contributed by atoms with Crippen LogP contribution in [0, 0.1) is 0 Å². The van der Waals surface area contributed by atoms with Crippen molar-refractivity contribution in [1.82, 2.24) is 4.90 Å². The van der Waals surface area contributed by atoms with Gasteiger partial charge in [0.05, 0.1) is 17.5 Å². The maximum absolute atomic E-state index is 12.6. The summed E-state index contributed by atoms with van der Waals surface area (Å²) in [6.45, 7) is 3.74. The van der Waals surface area contributed by atoms with Gasteiger partial charge in [0.1, 0.15) is 0 Å². The number of carbonyl (C=O) groups is 2. The fraction of sp³-hybridized carbons (Fsp3) is 0.300. The van der Waals surface area contributed by atoms with E-state index in [0.29, 0.717) is 6.54 Å². The van der Waals surface area contributed by atoms with Gasteiger partial charge in [0, 0.05) is 12.6 Å². The van der Waals surface area contributed by atoms with Gasteiger partial charge in [0.2, 0.25) is 10.0 Å². The van der Waals surface area contributed by atoms with Crippen molar-refractivity contribution < 1.29 is 22.7 Å². The molecule has 8 heteroatoms. The molecule has 7 nitrogen and oxygen atoms in total. The largest absolute Gasteiger partial charge is 0.452 e. The third-order valence-corrected chi connectivity index (χ3v) is 4.50. The lowest BCUT2D eigenvalue weighted by atomic mass is 10.2. The number of hydrogen-bond donors (Lipinski definition) is 1. The van der Waals surface area contributed by atoms with E-state index in [0.717, 1.165) is 11.8 Å². The van der Waals surface area contributed by atoms with Crippen LogP contribution in [0.15, 0.2) is 54.6 Å². The van der Waals surface area contributed by atoms with Gasteiger partial charge in [-0.25, -0.2) is 13.2 Å². The highest BCUT2D eigenvalue weighted by Crippen LogP contribution is 2.17. The summed E-state index contributed by atoms with van der Waals surface area (Å²) < 4.78 is 30.3. The predicted molar refractivity (Wildman–Crippen MR) is 107 cm³/mol. The summed E-state index contributed by atoms with van der Waals surface area (Å²) in [6, 6.07) is 15.5. The number of para-hydroxylation sites is 1. The van der Waals surface area contributed by atoms with Gasteiger partial charge in [0.25, 0.3) is 5.91 Å². The highest BCUT2D eigenvalue weighted by atomic mass is 32.2. The Morgan fingerprint density at radius 2 is 1.64 bits per heavy atom. The quantitative estimate of drug-likeness (QED) is 0.683. The maximum Gasteiger partial charge on any atom is 0.340 e. The molecule has 0 heterocycles. The van der Waals surface area contributed by atoms with Crippen LogP contribution in [0.4, 0.5) is 5.69 Å². The van der Waals surface area contributed by atoms with Gasteiger partial charge in [0.15, 0.2) is 6.61 Å². The predicted octanol–water partition coefficient (Wildman–Crippen LogP) is 2.65. The van der Waals surface area contributed by atoms with Crippen LogP contribution in [0.5, 0.6) is 0 Å². The second-order valence-electron chi connectivity index (χ2n) is 6.60. The number of benzene rings is 2. The van der Waals surface area contributed by atoms with E-state index in [1.165, 1.54) is 12.1 Å². The molecule has 2 aromatic rings. The molecule has 0 spiro atoms. The van der Waals surface area contributed by atoms with Gasteiger partial charge in [-0.05, 0) is 31.5 Å². The summed E-state index contributed by atoms with van der Waals surface area (Å²) in [5, 5.41) is 0. The van der Waals surface area contributed by atoms with E-state index in [4.69, 9.17) is 4.74 Å². The Balaban J connectivity index is 2.06. The van der Waals surface area contributed by atoms with Crippen LogP contribution in [0.25, 0.3) is 0 Å². The van der Waals surface area contributed by atoms with Crippen molar-refractivity contribution in [1.29, 1.82) is 0 Å². The molecule has 0 radical (unpaired) electrons. The highest BCUT2D eigenvalue weighted by molar-refractivity contribution is 7.92. The van der Waals surface area contributed by atoms with Crippen molar-refractivity contribution >= 4 is 27.6 Å². The van der Waals surface area contributed by atoms with Crippen LogP contribution in [-0.2, 0) is 26.1 Å². The topological polar surface area (TPSA) is 92.8 Å². The van der Waals surface area contributed by atoms with Crippen molar-refractivity contribution in [3.05, 3.63) is 65.7 Å². The highest BCUT2D eigenvalue weighted by Gasteiger charge is 2.21. The zero-order valence-electron chi connectivity index (χ0n) is 16.1. The average molecular weight is 404 g/mol. The first kappa shape index (κ1) is 21.4. The number of anilines is 1. The first-order chi connectivity index (χ1) is 13.2. The van der Waals surface area contributed by atoms with E-state index < -0.39 is 22.6 Å². The van der Waals surface area contributed by atoms with E-state index in [1.807, 2.05) is 44.2 Å². The monoisotopic (exact) mass is 404 g/mol. The van der Waals surface area contributed by atoms with Crippen molar-refractivity contribution in [3.63, 3.8) is 0 Å². The molecule has 0 aliphatic carbocycles. The van der Waals surface area contributed by atoms with Gasteiger partial charge in [-0.1, -0.05) is 42.5 Å². The molecule has 0 fully saturated rings. The Kier molecular flexibility index (Phi) is 7.17. The molecule has 2 rings (SSSR count). The molecule has 1 N–H and O–H groups in total. The molecule has 0 aliphatic heterocycles. The Morgan fingerprint density at radius 3 is 2.25 bits per heavy atom. The van der Waals surface area contributed by atoms with Gasteiger partial charge in [-0.2, -0.15) is 0 Å². The van der Waals surface area contributed by atoms with E-state index in [-0.39, 0.29) is 23.2 Å². The van der Waals surface area contributed by atoms with E-state index in [9.17, 15) is 18.0 Å². The molecule has 150 valence electrons. The number of hydrogen-bond acceptors (Lipinski definition) is 5. The minimum atomic E-state index is -3.56. The van der Waals surface area contributed by atoms with Crippen LogP contribution < -0.4 is 4.72 Å². The summed E-state index contributed by atoms with van der Waals surface area (Å²) in [5.74, 6) is -1.11. The number of nitrogens with one attached hydrogen (secondary N) is 1. The fourth-order valence-corrected chi connectivity index (χ4v) is 3.15. The maximum atomic E-state index is 12.6. The molecule has 2 aromatic carbocycles. The average Bonchev–Trinajstić information content (AvgIpc) is 2.63. The summed E-state index contributed by atoms with van der Waals surface area (Å²) in [5.41, 5.74) is 1.12. The number of nitrogens with zero attached hydrogens (tertiary/aromatic N) is 1. The minimum Gasteiger partial charge on any atom is -0.452 e. The Bertz CT molecular complexity index is 927. The molecule has 0 unspecified atom stereocenters. The van der Waals surface area contributed by atoms with Crippen molar-refractivity contribution in [2.75, 3.05) is 17.6 Å². The molecule has 0 aromatic heterocycles. The van der Waals surface area contributed by atoms with E-state index >= 15 is 0 Å². The lowest BCUT2D eigenvalue weighted by Gasteiger charge is -2.26. The third kappa shape index (κ3) is 6.38. The van der Waals surface area contributed by atoms with Crippen LogP contribution in [0.3, 0.4) is 0 Å². The van der Waals surface area contributed by atoms with Crippen LogP contribution in [0.2, 0.25) is 0 Å². The third-order valence-electron chi connectivity index (χ3n) is 3.91. The molecule has 0 saturated heterocycles. The zero-order chi connectivity index (χ0) is 20.7. The van der Waals surface area contributed by atoms with Crippen LogP contribution in [0.1, 0.15) is 29.8 Å². The standard InChI is InChI=1S/C20H24N2O5S/c1-15(2)22(13-16-9-5-4-6-10-16)19(23)14-27-20(24)17-11-7-8-12-18(17)21-28(3,25)26/h4-12,15,21H,13-14H2,1-3H3. The van der Waals surface area contributed by atoms with E-state index in [2.05, 4.69) is 4.72 Å². The first-order valence-electron chi connectivity index (χ1n) is 8.74. The van der Waals surface area contributed by atoms with E-state index in [1.54, 1.807) is 17.0 Å². The molecule has 28 heavy (non-hydrogen) atoms. The molecular weight excluding hydrogens is 380 g/mol. The lowest BCUT2D eigenvalue weighted by Crippen LogP contribution is -2.39. The second kappa shape index (κ2) is 9.36. The first-order valence-corrected chi connectivity index (χ1v) is 10.6. The number of sulfonamides is 1. The normalized spacial score (nSPS) is 11.1. The zero-order valence-corrected chi connectivity index (χ0v) is 16.9. The minimum absolute atomic E-state index is 0.0416. The van der Waals surface area contributed by atoms with Crippen molar-refractivity contribution in [2.45, 2.75) is 26.4 Å². The number of esters is 1. The number of ether oxygens (including phenoxy) is 1. The van der Waals surface area contributed by atoms with Crippen molar-refractivity contribution in [3.8, 4) is 0 Å². The van der Waals surface area contributed by atoms with Crippen LogP contribution in [-0.4, -0.2) is 44.1 Å². The summed E-state index contributed by atoms with van der Waals surface area (Å²) in [4.78, 5) is 26.6. The van der Waals surface area contributed by atoms with Gasteiger partial charge < -0.3 is 9.64 Å². The summed E-state index contributed by atoms with van der Waals surface area (Å²) in [6.07, 6.45) is 0.989. The number of carbonyl (C=O) groups excluding carboxylic acids is 2. The van der Waals surface area contributed by atoms with Gasteiger partial charge >= 0.3 is 5.97 Å². The van der Waals surface area contributed by atoms with Gasteiger partial charge in [-0.3, -0.25) is 9.52 Å². The Hall–Kier alpha value is -2.87. The van der Waals surface area contributed by atoms with Gasteiger partial charge in [-0.15, -0.1) is 0 Å². The van der Waals surface area contributed by atoms with Crippen molar-refractivity contribution in [2.24, 2.45) is 0 Å². The molecular formula is C20H24N2O5S. The molecule has 0 bridgehead atoms. The smallest absolute Gasteiger partial charge is 0.340 e. The summed E-state index contributed by atoms with van der Waals surface area (Å²) in [7, 11) is -3.56. The molecule has 0 saturated carbocycles. The molecule has 0 aliphatic rings. The Morgan fingerprint density at radius 1 is 1.04 bits per heavy atom. The SMILES string of the molecule is CC(C)N(Cc1ccccc1)C(=O)COC(=O)c1ccccc1NS(C)(=O)=O. The number of rotatable bonds is 8. The molecule has 1 amide bonds. The lowest BCUT2D eigenvalue weighted by molar-refractivity contribution is -0.136. The second-order valence-corrected chi connectivity index (χ2v) is 8.35. The fourth-order valence-electron chi connectivity index (χ4n) is 2.58.